The van der Waals surface area contributed by atoms with Crippen LogP contribution in [0.15, 0.2) is 23.1 Å². The van der Waals surface area contributed by atoms with Crippen molar-refractivity contribution in [3.8, 4) is 0 Å². The van der Waals surface area contributed by atoms with Crippen LogP contribution in [0.4, 0.5) is 0 Å². The average molecular weight is 249 g/mol. The van der Waals surface area contributed by atoms with Crippen molar-refractivity contribution in [1.29, 1.82) is 0 Å². The van der Waals surface area contributed by atoms with Gasteiger partial charge in [0.15, 0.2) is 0 Å². The summed E-state index contributed by atoms with van der Waals surface area (Å²) < 4.78 is 0. The Labute approximate surface area is 109 Å². The molecule has 0 saturated heterocycles. The minimum atomic E-state index is 0.604. The van der Waals surface area contributed by atoms with Crippen LogP contribution in [0.5, 0.6) is 0 Å². The van der Waals surface area contributed by atoms with Crippen molar-refractivity contribution in [2.45, 2.75) is 55.7 Å². The maximum absolute atomic E-state index is 3.31. The lowest BCUT2D eigenvalue weighted by atomic mass is 10.1. The van der Waals surface area contributed by atoms with Crippen LogP contribution in [-0.2, 0) is 12.8 Å². The Morgan fingerprint density at radius 3 is 2.76 bits per heavy atom. The van der Waals surface area contributed by atoms with Gasteiger partial charge in [0.1, 0.15) is 0 Å². The average Bonchev–Trinajstić information content (AvgIpc) is 2.75. The smallest absolute Gasteiger partial charge is 0.00807 e. The maximum Gasteiger partial charge on any atom is 0.00807 e. The fourth-order valence-corrected chi connectivity index (χ4v) is 3.72. The van der Waals surface area contributed by atoms with E-state index < -0.39 is 0 Å². The summed E-state index contributed by atoms with van der Waals surface area (Å²) in [6.45, 7) is 4.57. The standard InChI is InChI=1S/C15H23NS/c1-11(16-3)9-12(2)17-15-8-7-13-5-4-6-14(13)10-15/h7-8,10-12,16H,4-6,9H2,1-3H3. The van der Waals surface area contributed by atoms with Gasteiger partial charge in [0.25, 0.3) is 0 Å². The van der Waals surface area contributed by atoms with Crippen LogP contribution in [0.25, 0.3) is 0 Å². The van der Waals surface area contributed by atoms with Gasteiger partial charge in [0.05, 0.1) is 0 Å². The third-order valence-corrected chi connectivity index (χ3v) is 4.71. The maximum atomic E-state index is 3.31. The van der Waals surface area contributed by atoms with E-state index in [4.69, 9.17) is 0 Å². The quantitative estimate of drug-likeness (QED) is 0.799. The van der Waals surface area contributed by atoms with Gasteiger partial charge in [0.2, 0.25) is 0 Å². The minimum absolute atomic E-state index is 0.604. The highest BCUT2D eigenvalue weighted by atomic mass is 32.2. The predicted octanol–water partition coefficient (Wildman–Crippen LogP) is 3.65. The van der Waals surface area contributed by atoms with Crippen molar-refractivity contribution in [3.63, 3.8) is 0 Å². The van der Waals surface area contributed by atoms with E-state index >= 15 is 0 Å². The Hall–Kier alpha value is -0.470. The molecular weight excluding hydrogens is 226 g/mol. The molecule has 0 fully saturated rings. The molecule has 0 aliphatic heterocycles. The van der Waals surface area contributed by atoms with E-state index in [-0.39, 0.29) is 0 Å². The first-order valence-electron chi connectivity index (χ1n) is 6.64. The molecule has 0 spiro atoms. The van der Waals surface area contributed by atoms with Crippen LogP contribution in [0.3, 0.4) is 0 Å². The predicted molar refractivity (Wildman–Crippen MR) is 76.9 cm³/mol. The van der Waals surface area contributed by atoms with E-state index in [0.29, 0.717) is 11.3 Å². The Morgan fingerprint density at radius 2 is 2.00 bits per heavy atom. The first kappa shape index (κ1) is 13.0. The summed E-state index contributed by atoms with van der Waals surface area (Å²) >= 11 is 2.01. The topological polar surface area (TPSA) is 12.0 Å². The molecule has 1 aliphatic rings. The molecule has 94 valence electrons. The van der Waals surface area contributed by atoms with Gasteiger partial charge in [-0.3, -0.25) is 0 Å². The second-order valence-corrected chi connectivity index (χ2v) is 6.65. The number of rotatable bonds is 5. The normalized spacial score (nSPS) is 17.8. The molecule has 0 heterocycles. The fraction of sp³-hybridized carbons (Fsp3) is 0.600. The minimum Gasteiger partial charge on any atom is -0.317 e. The molecule has 1 aromatic rings. The van der Waals surface area contributed by atoms with Crippen LogP contribution in [0.1, 0.15) is 37.8 Å². The zero-order valence-corrected chi connectivity index (χ0v) is 11.9. The van der Waals surface area contributed by atoms with Gasteiger partial charge in [-0.15, -0.1) is 11.8 Å². The highest BCUT2D eigenvalue weighted by Crippen LogP contribution is 2.30. The molecule has 1 aliphatic carbocycles. The molecular formula is C15H23NS. The Kier molecular flexibility index (Phi) is 4.52. The number of hydrogen-bond acceptors (Lipinski definition) is 2. The van der Waals surface area contributed by atoms with E-state index in [1.54, 1.807) is 11.1 Å². The number of thioether (sulfide) groups is 1. The molecule has 2 atom stereocenters. The summed E-state index contributed by atoms with van der Waals surface area (Å²) in [5, 5.41) is 3.99. The Bertz CT molecular complexity index is 375. The number of nitrogens with one attached hydrogen (secondary N) is 1. The summed E-state index contributed by atoms with van der Waals surface area (Å²) in [6, 6.07) is 7.65. The van der Waals surface area contributed by atoms with Gasteiger partial charge >= 0.3 is 0 Å². The zero-order valence-electron chi connectivity index (χ0n) is 11.1. The van der Waals surface area contributed by atoms with Gasteiger partial charge in [-0.1, -0.05) is 13.0 Å². The van der Waals surface area contributed by atoms with E-state index in [1.807, 2.05) is 18.8 Å². The molecule has 0 bridgehead atoms. The molecule has 0 radical (unpaired) electrons. The largest absolute Gasteiger partial charge is 0.317 e. The molecule has 2 unspecified atom stereocenters. The monoisotopic (exact) mass is 249 g/mol. The van der Waals surface area contributed by atoms with E-state index in [2.05, 4.69) is 37.4 Å². The number of aryl methyl sites for hydroxylation is 2. The molecule has 2 rings (SSSR count). The third kappa shape index (κ3) is 3.49. The van der Waals surface area contributed by atoms with Crippen molar-refractivity contribution in [1.82, 2.24) is 5.32 Å². The van der Waals surface area contributed by atoms with Crippen molar-refractivity contribution in [2.75, 3.05) is 7.05 Å². The first-order chi connectivity index (χ1) is 8.19. The lowest BCUT2D eigenvalue weighted by Gasteiger charge is -2.16. The number of benzene rings is 1. The van der Waals surface area contributed by atoms with Crippen molar-refractivity contribution in [3.05, 3.63) is 29.3 Å². The molecule has 0 amide bonds. The summed E-state index contributed by atoms with van der Waals surface area (Å²) in [5.74, 6) is 0. The van der Waals surface area contributed by atoms with E-state index in [0.717, 1.165) is 0 Å². The molecule has 2 heteroatoms. The van der Waals surface area contributed by atoms with Gasteiger partial charge < -0.3 is 5.32 Å². The van der Waals surface area contributed by atoms with Gasteiger partial charge in [-0.2, -0.15) is 0 Å². The summed E-state index contributed by atoms with van der Waals surface area (Å²) in [6.07, 6.45) is 5.13. The summed E-state index contributed by atoms with van der Waals surface area (Å²) in [5.41, 5.74) is 3.16. The highest BCUT2D eigenvalue weighted by Gasteiger charge is 2.13. The van der Waals surface area contributed by atoms with Crippen LogP contribution in [0, 0.1) is 0 Å². The SMILES string of the molecule is CNC(C)CC(C)Sc1ccc2c(c1)CCC2. The van der Waals surface area contributed by atoms with Crippen molar-refractivity contribution < 1.29 is 0 Å². The lowest BCUT2D eigenvalue weighted by Crippen LogP contribution is -2.24. The summed E-state index contributed by atoms with van der Waals surface area (Å²) in [4.78, 5) is 1.45. The molecule has 1 nitrogen and oxygen atoms in total. The molecule has 1 aromatic carbocycles. The third-order valence-electron chi connectivity index (χ3n) is 3.59. The number of hydrogen-bond donors (Lipinski definition) is 1. The Balaban J connectivity index is 1.94. The highest BCUT2D eigenvalue weighted by molar-refractivity contribution is 7.99. The van der Waals surface area contributed by atoms with Crippen molar-refractivity contribution in [2.24, 2.45) is 0 Å². The lowest BCUT2D eigenvalue weighted by molar-refractivity contribution is 0.564. The first-order valence-corrected chi connectivity index (χ1v) is 7.52. The fourth-order valence-electron chi connectivity index (χ4n) is 2.52. The van der Waals surface area contributed by atoms with E-state index in [1.165, 1.54) is 30.6 Å². The molecule has 1 N–H and O–H groups in total. The van der Waals surface area contributed by atoms with Gasteiger partial charge in [-0.25, -0.2) is 0 Å². The van der Waals surface area contributed by atoms with Crippen LogP contribution in [0.2, 0.25) is 0 Å². The van der Waals surface area contributed by atoms with Gasteiger partial charge in [0, 0.05) is 16.2 Å². The Morgan fingerprint density at radius 1 is 1.24 bits per heavy atom. The summed E-state index contributed by atoms with van der Waals surface area (Å²) in [7, 11) is 2.04. The zero-order chi connectivity index (χ0) is 12.3. The van der Waals surface area contributed by atoms with Gasteiger partial charge in [-0.05, 0) is 62.9 Å². The molecule has 0 saturated carbocycles. The second-order valence-electron chi connectivity index (χ2n) is 5.14. The second kappa shape index (κ2) is 5.92. The molecule has 0 aromatic heterocycles. The van der Waals surface area contributed by atoms with E-state index in [9.17, 15) is 0 Å². The van der Waals surface area contributed by atoms with Crippen molar-refractivity contribution >= 4 is 11.8 Å². The molecule has 17 heavy (non-hydrogen) atoms. The van der Waals surface area contributed by atoms with Crippen LogP contribution in [-0.4, -0.2) is 18.3 Å². The van der Waals surface area contributed by atoms with Crippen LogP contribution >= 0.6 is 11.8 Å². The van der Waals surface area contributed by atoms with Crippen LogP contribution < -0.4 is 5.32 Å². The number of fused-ring (bicyclic) bond motifs is 1.